The molecule has 0 aromatic carbocycles. The second-order valence-corrected chi connectivity index (χ2v) is 5.32. The fraction of sp³-hybridized carbons (Fsp3) is 1.00. The van der Waals surface area contributed by atoms with Gasteiger partial charge in [0.2, 0.25) is 0 Å². The van der Waals surface area contributed by atoms with Crippen molar-refractivity contribution in [1.82, 2.24) is 5.32 Å². The second-order valence-electron chi connectivity index (χ2n) is 5.32. The van der Waals surface area contributed by atoms with Crippen LogP contribution in [0.2, 0.25) is 0 Å². The van der Waals surface area contributed by atoms with Crippen LogP contribution in [0.1, 0.15) is 51.9 Å². The van der Waals surface area contributed by atoms with E-state index >= 15 is 0 Å². The predicted octanol–water partition coefficient (Wildman–Crippen LogP) is 2.95. The lowest BCUT2D eigenvalue weighted by molar-refractivity contribution is 0.114. The van der Waals surface area contributed by atoms with E-state index in [1.165, 1.54) is 44.9 Å². The Morgan fingerprint density at radius 3 is 2.15 bits per heavy atom. The molecule has 0 aromatic rings. The third-order valence-corrected chi connectivity index (χ3v) is 4.43. The van der Waals surface area contributed by atoms with Crippen LogP contribution in [0.5, 0.6) is 0 Å². The van der Waals surface area contributed by atoms with Crippen molar-refractivity contribution in [2.45, 2.75) is 57.9 Å². The monoisotopic (exact) mass is 181 g/mol. The summed E-state index contributed by atoms with van der Waals surface area (Å²) in [5.74, 6) is 0.994. The van der Waals surface area contributed by atoms with Crippen LogP contribution in [0.15, 0.2) is 0 Å². The first-order valence-corrected chi connectivity index (χ1v) is 5.93. The molecule has 2 rings (SSSR count). The first-order chi connectivity index (χ1) is 6.26. The van der Waals surface area contributed by atoms with E-state index in [-0.39, 0.29) is 0 Å². The number of nitrogens with one attached hydrogen (secondary N) is 1. The molecule has 2 saturated carbocycles. The quantitative estimate of drug-likeness (QED) is 0.706. The molecule has 2 aliphatic rings. The minimum Gasteiger partial charge on any atom is -0.316 e. The van der Waals surface area contributed by atoms with E-state index in [1.54, 1.807) is 0 Å². The first kappa shape index (κ1) is 9.51. The van der Waals surface area contributed by atoms with Gasteiger partial charge in [-0.2, -0.15) is 0 Å². The zero-order chi connectivity index (χ0) is 9.31. The predicted molar refractivity (Wildman–Crippen MR) is 56.8 cm³/mol. The Morgan fingerprint density at radius 2 is 1.77 bits per heavy atom. The lowest BCUT2D eigenvalue weighted by Gasteiger charge is -2.43. The molecule has 1 heteroatoms. The van der Waals surface area contributed by atoms with Crippen molar-refractivity contribution in [3.63, 3.8) is 0 Å². The fourth-order valence-electron chi connectivity index (χ4n) is 3.42. The van der Waals surface area contributed by atoms with Crippen LogP contribution in [0.3, 0.4) is 0 Å². The van der Waals surface area contributed by atoms with Gasteiger partial charge in [0.15, 0.2) is 0 Å². The maximum Gasteiger partial charge on any atom is 0.0146 e. The number of rotatable bonds is 3. The van der Waals surface area contributed by atoms with Gasteiger partial charge in [0, 0.05) is 6.04 Å². The summed E-state index contributed by atoms with van der Waals surface area (Å²) in [6, 6.07) is 0.809. The van der Waals surface area contributed by atoms with Crippen molar-refractivity contribution in [2.24, 2.45) is 11.3 Å². The van der Waals surface area contributed by atoms with E-state index in [9.17, 15) is 0 Å². The third-order valence-electron chi connectivity index (χ3n) is 4.43. The van der Waals surface area contributed by atoms with Gasteiger partial charge in [-0.15, -0.1) is 0 Å². The molecule has 0 heterocycles. The first-order valence-electron chi connectivity index (χ1n) is 5.93. The van der Waals surface area contributed by atoms with E-state index in [1.807, 2.05) is 0 Å². The molecule has 0 bridgehead atoms. The van der Waals surface area contributed by atoms with E-state index in [0.717, 1.165) is 12.0 Å². The Balaban J connectivity index is 2.01. The highest BCUT2D eigenvalue weighted by molar-refractivity contribution is 4.96. The highest BCUT2D eigenvalue weighted by Gasteiger charge is 2.41. The summed E-state index contributed by atoms with van der Waals surface area (Å²) in [6.45, 7) is 2.50. The van der Waals surface area contributed by atoms with Crippen molar-refractivity contribution < 1.29 is 0 Å². The zero-order valence-corrected chi connectivity index (χ0v) is 9.10. The Morgan fingerprint density at radius 1 is 1.15 bits per heavy atom. The Kier molecular flexibility index (Phi) is 2.64. The van der Waals surface area contributed by atoms with Gasteiger partial charge in [-0.25, -0.2) is 0 Å². The van der Waals surface area contributed by atoms with Gasteiger partial charge >= 0.3 is 0 Å². The Bertz CT molecular complexity index is 166. The summed E-state index contributed by atoms with van der Waals surface area (Å²) in [5.41, 5.74) is 0.625. The van der Waals surface area contributed by atoms with Crippen LogP contribution in [-0.2, 0) is 0 Å². The summed E-state index contributed by atoms with van der Waals surface area (Å²) >= 11 is 0. The van der Waals surface area contributed by atoms with E-state index in [2.05, 4.69) is 19.3 Å². The number of hydrogen-bond donors (Lipinski definition) is 1. The molecule has 0 radical (unpaired) electrons. The molecular formula is C12H23N. The lowest BCUT2D eigenvalue weighted by atomic mass is 9.67. The van der Waals surface area contributed by atoms with Crippen molar-refractivity contribution in [2.75, 3.05) is 7.05 Å². The van der Waals surface area contributed by atoms with Crippen LogP contribution < -0.4 is 5.32 Å². The van der Waals surface area contributed by atoms with Crippen molar-refractivity contribution >= 4 is 0 Å². The molecule has 0 spiro atoms. The summed E-state index contributed by atoms with van der Waals surface area (Å²) in [7, 11) is 2.16. The molecule has 13 heavy (non-hydrogen) atoms. The van der Waals surface area contributed by atoms with Gasteiger partial charge < -0.3 is 5.32 Å². The molecule has 1 N–H and O–H groups in total. The van der Waals surface area contributed by atoms with E-state index < -0.39 is 0 Å². The van der Waals surface area contributed by atoms with E-state index in [4.69, 9.17) is 0 Å². The van der Waals surface area contributed by atoms with Crippen LogP contribution >= 0.6 is 0 Å². The summed E-state index contributed by atoms with van der Waals surface area (Å²) < 4.78 is 0. The molecule has 2 aliphatic carbocycles. The Hall–Kier alpha value is -0.0400. The highest BCUT2D eigenvalue weighted by Crippen LogP contribution is 2.46. The van der Waals surface area contributed by atoms with Gasteiger partial charge in [-0.05, 0) is 44.1 Å². The van der Waals surface area contributed by atoms with E-state index in [0.29, 0.717) is 5.41 Å². The largest absolute Gasteiger partial charge is 0.316 e. The molecule has 1 nitrogen and oxygen atoms in total. The van der Waals surface area contributed by atoms with Crippen LogP contribution in [0.4, 0.5) is 0 Å². The molecule has 0 saturated heterocycles. The smallest absolute Gasteiger partial charge is 0.0146 e. The molecular weight excluding hydrogens is 158 g/mol. The summed E-state index contributed by atoms with van der Waals surface area (Å²) in [5, 5.41) is 3.59. The molecule has 0 aromatic heterocycles. The highest BCUT2D eigenvalue weighted by atomic mass is 14.9. The second kappa shape index (κ2) is 3.61. The summed E-state index contributed by atoms with van der Waals surface area (Å²) in [4.78, 5) is 0. The molecule has 1 atom stereocenters. The van der Waals surface area contributed by atoms with Gasteiger partial charge in [-0.3, -0.25) is 0 Å². The number of hydrogen-bond acceptors (Lipinski definition) is 1. The summed E-state index contributed by atoms with van der Waals surface area (Å²) in [6.07, 6.45) is 10.2. The maximum atomic E-state index is 3.59. The SMILES string of the molecule is CNC(C1CCC1)C1(C)CCCC1. The maximum absolute atomic E-state index is 3.59. The standard InChI is InChI=1S/C12H23N/c1-12(8-3-4-9-12)11(13-2)10-6-5-7-10/h10-11,13H,3-9H2,1-2H3. The van der Waals surface area contributed by atoms with Gasteiger partial charge in [0.05, 0.1) is 0 Å². The van der Waals surface area contributed by atoms with Crippen molar-refractivity contribution in [3.8, 4) is 0 Å². The Labute approximate surface area is 82.3 Å². The molecule has 1 unspecified atom stereocenters. The van der Waals surface area contributed by atoms with Crippen LogP contribution in [0, 0.1) is 11.3 Å². The third kappa shape index (κ3) is 1.63. The van der Waals surface area contributed by atoms with Gasteiger partial charge in [0.25, 0.3) is 0 Å². The lowest BCUT2D eigenvalue weighted by Crippen LogP contribution is -2.48. The minimum atomic E-state index is 0.625. The van der Waals surface area contributed by atoms with Crippen molar-refractivity contribution in [1.29, 1.82) is 0 Å². The molecule has 0 amide bonds. The zero-order valence-electron chi connectivity index (χ0n) is 9.10. The minimum absolute atomic E-state index is 0.625. The normalized spacial score (nSPS) is 30.0. The average molecular weight is 181 g/mol. The van der Waals surface area contributed by atoms with Gasteiger partial charge in [0.1, 0.15) is 0 Å². The van der Waals surface area contributed by atoms with Crippen LogP contribution in [-0.4, -0.2) is 13.1 Å². The fourth-order valence-corrected chi connectivity index (χ4v) is 3.42. The average Bonchev–Trinajstić information content (AvgIpc) is 2.44. The molecule has 0 aliphatic heterocycles. The van der Waals surface area contributed by atoms with Crippen LogP contribution in [0.25, 0.3) is 0 Å². The molecule has 2 fully saturated rings. The molecule has 76 valence electrons. The van der Waals surface area contributed by atoms with Gasteiger partial charge in [-0.1, -0.05) is 26.2 Å². The topological polar surface area (TPSA) is 12.0 Å². The van der Waals surface area contributed by atoms with Crippen molar-refractivity contribution in [3.05, 3.63) is 0 Å².